The molecule has 1 fully saturated rings. The fourth-order valence-electron chi connectivity index (χ4n) is 5.06. The van der Waals surface area contributed by atoms with Crippen LogP contribution in [0.5, 0.6) is 0 Å². The van der Waals surface area contributed by atoms with Gasteiger partial charge in [-0.1, -0.05) is 56.9 Å². The minimum absolute atomic E-state index is 0.184. The van der Waals surface area contributed by atoms with E-state index in [1.165, 1.54) is 5.57 Å². The molecule has 1 amide bonds. The third-order valence-electron chi connectivity index (χ3n) is 6.94. The summed E-state index contributed by atoms with van der Waals surface area (Å²) >= 11 is 0. The smallest absolute Gasteiger partial charge is 0.219 e. The van der Waals surface area contributed by atoms with Crippen molar-refractivity contribution < 1.29 is 15.0 Å². The Bertz CT molecular complexity index is 581. The molecule has 0 heterocycles. The summed E-state index contributed by atoms with van der Waals surface area (Å²) < 4.78 is 0. The Kier molecular flexibility index (Phi) is 10.6. The molecule has 0 aromatic rings. The van der Waals surface area contributed by atoms with Crippen LogP contribution in [0.25, 0.3) is 0 Å². The highest BCUT2D eigenvalue weighted by Gasteiger charge is 2.43. The van der Waals surface area contributed by atoms with E-state index in [4.69, 9.17) is 0 Å². The normalized spacial score (nSPS) is 27.8. The van der Waals surface area contributed by atoms with Crippen LogP contribution in [0.1, 0.15) is 97.8 Å². The summed E-state index contributed by atoms with van der Waals surface area (Å²) in [5.41, 5.74) is 0.869. The fourth-order valence-corrected chi connectivity index (χ4v) is 5.06. The number of unbranched alkanes of at least 4 members (excludes halogenated alkanes) is 3. The van der Waals surface area contributed by atoms with Crippen molar-refractivity contribution in [2.24, 2.45) is 17.8 Å². The number of carbonyl (C=O) groups excluding carboxylic acids is 1. The first-order valence-corrected chi connectivity index (χ1v) is 12.4. The topological polar surface area (TPSA) is 69.6 Å². The van der Waals surface area contributed by atoms with Crippen molar-refractivity contribution in [1.29, 1.82) is 0 Å². The third kappa shape index (κ3) is 8.19. The molecule has 0 aromatic heterocycles. The molecule has 0 unspecified atom stereocenters. The summed E-state index contributed by atoms with van der Waals surface area (Å²) in [4.78, 5) is 11.8. The van der Waals surface area contributed by atoms with E-state index in [1.807, 2.05) is 6.92 Å². The van der Waals surface area contributed by atoms with Crippen molar-refractivity contribution in [3.63, 3.8) is 0 Å². The van der Waals surface area contributed by atoms with Crippen molar-refractivity contribution >= 4 is 5.91 Å². The number of aliphatic hydroxyl groups excluding tert-OH is 1. The highest BCUT2D eigenvalue weighted by atomic mass is 16.3. The van der Waals surface area contributed by atoms with Crippen molar-refractivity contribution in [3.8, 4) is 0 Å². The highest BCUT2D eigenvalue weighted by Crippen LogP contribution is 2.48. The van der Waals surface area contributed by atoms with Crippen LogP contribution in [0.4, 0.5) is 0 Å². The zero-order chi connectivity index (χ0) is 22.0. The van der Waals surface area contributed by atoms with Crippen LogP contribution in [-0.4, -0.2) is 34.4 Å². The summed E-state index contributed by atoms with van der Waals surface area (Å²) in [6.45, 7) is 7.00. The molecule has 4 heteroatoms. The van der Waals surface area contributed by atoms with Gasteiger partial charge in [-0.3, -0.25) is 4.79 Å². The Balaban J connectivity index is 1.71. The number of fused-ring (bicyclic) bond motifs is 1. The fraction of sp³-hybridized carbons (Fsp3) is 0.808. The Labute approximate surface area is 184 Å². The van der Waals surface area contributed by atoms with E-state index in [9.17, 15) is 15.0 Å². The molecular weight excluding hydrogens is 374 g/mol. The van der Waals surface area contributed by atoms with E-state index in [0.717, 1.165) is 70.8 Å². The second-order valence-electron chi connectivity index (χ2n) is 9.88. The zero-order valence-corrected chi connectivity index (χ0v) is 19.5. The minimum Gasteiger partial charge on any atom is -0.392 e. The number of aliphatic hydroxyl groups is 2. The molecule has 4 nitrogen and oxygen atoms in total. The lowest BCUT2D eigenvalue weighted by Crippen LogP contribution is -2.23. The number of hydrogen-bond acceptors (Lipinski definition) is 3. The first kappa shape index (κ1) is 25.1. The molecule has 2 aliphatic rings. The average Bonchev–Trinajstić information content (AvgIpc) is 3.21. The number of hydrogen-bond donors (Lipinski definition) is 3. The summed E-state index contributed by atoms with van der Waals surface area (Å²) in [6.07, 6.45) is 17.9. The molecule has 0 saturated heterocycles. The summed E-state index contributed by atoms with van der Waals surface area (Å²) in [5.74, 6) is 1.38. The SMILES string of the molecule is CCCCNC(=O)CCCCC1=C[C@H]2C[C@@H](O)[C@H](/C=C/C[C@@](C)(O)CCCC)[C@H]2C1. The monoisotopic (exact) mass is 419 g/mol. The maximum Gasteiger partial charge on any atom is 0.219 e. The van der Waals surface area contributed by atoms with E-state index in [-0.39, 0.29) is 17.9 Å². The Hall–Kier alpha value is -1.13. The largest absolute Gasteiger partial charge is 0.392 e. The predicted molar refractivity (Wildman–Crippen MR) is 124 cm³/mol. The van der Waals surface area contributed by atoms with Crippen LogP contribution in [0, 0.1) is 17.8 Å². The predicted octanol–water partition coefficient (Wildman–Crippen LogP) is 5.29. The van der Waals surface area contributed by atoms with Crippen LogP contribution >= 0.6 is 0 Å². The lowest BCUT2D eigenvalue weighted by Gasteiger charge is -2.22. The van der Waals surface area contributed by atoms with E-state index in [2.05, 4.69) is 37.4 Å². The van der Waals surface area contributed by atoms with Gasteiger partial charge in [0.15, 0.2) is 0 Å². The Morgan fingerprint density at radius 2 is 2.00 bits per heavy atom. The molecule has 1 saturated carbocycles. The van der Waals surface area contributed by atoms with Gasteiger partial charge < -0.3 is 15.5 Å². The first-order chi connectivity index (χ1) is 14.4. The van der Waals surface area contributed by atoms with Gasteiger partial charge in [-0.05, 0) is 70.1 Å². The number of rotatable bonds is 14. The maximum absolute atomic E-state index is 11.8. The van der Waals surface area contributed by atoms with Gasteiger partial charge in [0.25, 0.3) is 0 Å². The van der Waals surface area contributed by atoms with Gasteiger partial charge in [-0.25, -0.2) is 0 Å². The van der Waals surface area contributed by atoms with E-state index >= 15 is 0 Å². The van der Waals surface area contributed by atoms with Crippen molar-refractivity contribution in [1.82, 2.24) is 5.32 Å². The van der Waals surface area contributed by atoms with Crippen LogP contribution in [0.3, 0.4) is 0 Å². The van der Waals surface area contributed by atoms with Gasteiger partial charge in [-0.2, -0.15) is 0 Å². The lowest BCUT2D eigenvalue weighted by molar-refractivity contribution is -0.121. The quantitative estimate of drug-likeness (QED) is 0.264. The second-order valence-corrected chi connectivity index (χ2v) is 9.88. The van der Waals surface area contributed by atoms with Gasteiger partial charge in [0.05, 0.1) is 11.7 Å². The van der Waals surface area contributed by atoms with Crippen LogP contribution in [-0.2, 0) is 4.79 Å². The molecule has 0 spiro atoms. The van der Waals surface area contributed by atoms with Crippen LogP contribution in [0.15, 0.2) is 23.8 Å². The Morgan fingerprint density at radius 1 is 1.23 bits per heavy atom. The molecule has 5 atom stereocenters. The molecule has 3 N–H and O–H groups in total. The Morgan fingerprint density at radius 3 is 2.73 bits per heavy atom. The lowest BCUT2D eigenvalue weighted by atomic mass is 9.87. The average molecular weight is 420 g/mol. The van der Waals surface area contributed by atoms with Crippen LogP contribution < -0.4 is 5.32 Å². The number of amides is 1. The summed E-state index contributed by atoms with van der Waals surface area (Å²) in [7, 11) is 0. The molecule has 30 heavy (non-hydrogen) atoms. The van der Waals surface area contributed by atoms with Crippen molar-refractivity contribution in [2.45, 2.75) is 110 Å². The van der Waals surface area contributed by atoms with Crippen LogP contribution in [0.2, 0.25) is 0 Å². The van der Waals surface area contributed by atoms with E-state index in [1.54, 1.807) is 0 Å². The molecular formula is C26H45NO3. The number of carbonyl (C=O) groups is 1. The third-order valence-corrected chi connectivity index (χ3v) is 6.94. The van der Waals surface area contributed by atoms with Gasteiger partial charge in [0.2, 0.25) is 5.91 Å². The molecule has 0 aliphatic heterocycles. The molecule has 0 aromatic carbocycles. The summed E-state index contributed by atoms with van der Waals surface area (Å²) in [5, 5.41) is 24.0. The number of allylic oxidation sites excluding steroid dienone is 2. The second kappa shape index (κ2) is 12.7. The standard InChI is InChI=1S/C26H45NO3/c1-4-6-14-26(3,30)15-10-12-22-23-18-20(17-21(23)19-24(22)28)11-8-9-13-25(29)27-16-7-5-2/h10,12,17,21-24,28,30H,4-9,11,13-16,18-19H2,1-3H3,(H,27,29)/b12-10+/t21-,22+,23-,24+,26-/m0/s1. The van der Waals surface area contributed by atoms with E-state index < -0.39 is 5.60 Å². The molecule has 2 rings (SSSR count). The molecule has 0 radical (unpaired) electrons. The molecule has 2 aliphatic carbocycles. The summed E-state index contributed by atoms with van der Waals surface area (Å²) in [6, 6.07) is 0. The van der Waals surface area contributed by atoms with Gasteiger partial charge in [0, 0.05) is 18.9 Å². The van der Waals surface area contributed by atoms with Gasteiger partial charge >= 0.3 is 0 Å². The number of nitrogens with one attached hydrogen (secondary N) is 1. The van der Waals surface area contributed by atoms with Crippen molar-refractivity contribution in [2.75, 3.05) is 6.54 Å². The highest BCUT2D eigenvalue weighted by molar-refractivity contribution is 5.75. The molecule has 172 valence electrons. The minimum atomic E-state index is -0.641. The zero-order valence-electron chi connectivity index (χ0n) is 19.5. The van der Waals surface area contributed by atoms with Gasteiger partial charge in [0.1, 0.15) is 0 Å². The molecule has 0 bridgehead atoms. The van der Waals surface area contributed by atoms with Gasteiger partial charge in [-0.15, -0.1) is 0 Å². The van der Waals surface area contributed by atoms with E-state index in [0.29, 0.717) is 24.7 Å². The maximum atomic E-state index is 11.8. The van der Waals surface area contributed by atoms with Crippen molar-refractivity contribution in [3.05, 3.63) is 23.8 Å². The first-order valence-electron chi connectivity index (χ1n) is 12.4.